The Kier molecular flexibility index (Phi) is 4.63. The molecular weight excluding hydrogens is 264 g/mol. The molecule has 110 valence electrons. The van der Waals surface area contributed by atoms with Crippen LogP contribution in [0, 0.1) is 6.92 Å². The van der Waals surface area contributed by atoms with Crippen LogP contribution in [0.1, 0.15) is 23.6 Å². The van der Waals surface area contributed by atoms with Crippen molar-refractivity contribution >= 4 is 5.97 Å². The molecule has 0 aliphatic carbocycles. The Labute approximate surface area is 125 Å². The Hall–Kier alpha value is -2.29. The average Bonchev–Trinajstić information content (AvgIpc) is 2.50. The molecule has 21 heavy (non-hydrogen) atoms. The van der Waals surface area contributed by atoms with Crippen molar-refractivity contribution in [1.29, 1.82) is 0 Å². The highest BCUT2D eigenvalue weighted by Crippen LogP contribution is 2.33. The van der Waals surface area contributed by atoms with Crippen LogP contribution in [-0.4, -0.2) is 18.2 Å². The Morgan fingerprint density at radius 3 is 2.43 bits per heavy atom. The van der Waals surface area contributed by atoms with Crippen LogP contribution in [0.25, 0.3) is 11.1 Å². The minimum Gasteiger partial charge on any atom is -0.507 e. The average molecular weight is 284 g/mol. The van der Waals surface area contributed by atoms with Gasteiger partial charge in [-0.05, 0) is 47.7 Å². The van der Waals surface area contributed by atoms with Crippen LogP contribution in [0.15, 0.2) is 36.4 Å². The highest BCUT2D eigenvalue weighted by Gasteiger charge is 2.11. The topological polar surface area (TPSA) is 46.5 Å². The van der Waals surface area contributed by atoms with Crippen molar-refractivity contribution < 1.29 is 14.6 Å². The maximum atomic E-state index is 11.4. The molecule has 0 amide bonds. The second-order valence-corrected chi connectivity index (χ2v) is 5.11. The van der Waals surface area contributed by atoms with E-state index in [4.69, 9.17) is 0 Å². The summed E-state index contributed by atoms with van der Waals surface area (Å²) in [6.07, 6.45) is 1.15. The smallest absolute Gasteiger partial charge is 0.309 e. The van der Waals surface area contributed by atoms with Crippen molar-refractivity contribution in [1.82, 2.24) is 0 Å². The van der Waals surface area contributed by atoms with Gasteiger partial charge in [0.15, 0.2) is 0 Å². The first-order valence-electron chi connectivity index (χ1n) is 7.03. The molecule has 0 heterocycles. The number of rotatable bonds is 4. The normalized spacial score (nSPS) is 10.4. The second-order valence-electron chi connectivity index (χ2n) is 5.11. The monoisotopic (exact) mass is 284 g/mol. The fourth-order valence-corrected chi connectivity index (χ4v) is 2.33. The number of hydrogen-bond donors (Lipinski definition) is 1. The molecule has 1 N–H and O–H groups in total. The standard InChI is InChI=1S/C18H20O3/c1-4-13-6-5-12(2)15(9-13)16-10-14(7-8-17(16)19)11-18(20)21-3/h5-10,19H,4,11H2,1-3H3. The first-order chi connectivity index (χ1) is 10.0. The highest BCUT2D eigenvalue weighted by atomic mass is 16.5. The molecule has 0 aromatic heterocycles. The van der Waals surface area contributed by atoms with E-state index in [1.165, 1.54) is 12.7 Å². The number of carbonyl (C=O) groups is 1. The molecule has 0 bridgehead atoms. The number of aromatic hydroxyl groups is 1. The fraction of sp³-hybridized carbons (Fsp3) is 0.278. The van der Waals surface area contributed by atoms with Gasteiger partial charge in [0.1, 0.15) is 5.75 Å². The summed E-state index contributed by atoms with van der Waals surface area (Å²) in [6.45, 7) is 4.11. The predicted octanol–water partition coefficient (Wildman–Crippen LogP) is 3.65. The van der Waals surface area contributed by atoms with Crippen molar-refractivity contribution in [3.63, 3.8) is 0 Å². The third-order valence-corrected chi connectivity index (χ3v) is 3.64. The van der Waals surface area contributed by atoms with Crippen LogP contribution >= 0.6 is 0 Å². The summed E-state index contributed by atoms with van der Waals surface area (Å²) >= 11 is 0. The first kappa shape index (κ1) is 15.1. The Bertz CT molecular complexity index is 660. The number of methoxy groups -OCH3 is 1. The van der Waals surface area contributed by atoms with E-state index in [2.05, 4.69) is 29.9 Å². The molecule has 0 atom stereocenters. The molecule has 2 aromatic carbocycles. The summed E-state index contributed by atoms with van der Waals surface area (Å²) in [5.74, 6) is -0.0642. The summed E-state index contributed by atoms with van der Waals surface area (Å²) in [7, 11) is 1.37. The summed E-state index contributed by atoms with van der Waals surface area (Å²) < 4.78 is 4.69. The SMILES string of the molecule is CCc1ccc(C)c(-c2cc(CC(=O)OC)ccc2O)c1. The molecular formula is C18H20O3. The number of hydrogen-bond acceptors (Lipinski definition) is 3. The minimum atomic E-state index is -0.286. The molecule has 2 aromatic rings. The maximum absolute atomic E-state index is 11.4. The van der Waals surface area contributed by atoms with Gasteiger partial charge < -0.3 is 9.84 Å². The number of esters is 1. The lowest BCUT2D eigenvalue weighted by atomic mass is 9.95. The molecule has 3 nitrogen and oxygen atoms in total. The molecule has 0 aliphatic rings. The minimum absolute atomic E-state index is 0.205. The van der Waals surface area contributed by atoms with Crippen LogP contribution in [0.3, 0.4) is 0 Å². The van der Waals surface area contributed by atoms with Crippen LogP contribution < -0.4 is 0 Å². The van der Waals surface area contributed by atoms with Crippen molar-refractivity contribution in [3.8, 4) is 16.9 Å². The number of phenolic OH excluding ortho intramolecular Hbond substituents is 1. The summed E-state index contributed by atoms with van der Waals surface area (Å²) in [5.41, 5.74) is 4.89. The van der Waals surface area contributed by atoms with Crippen LogP contribution in [-0.2, 0) is 22.4 Å². The molecule has 0 unspecified atom stereocenters. The number of phenols is 1. The Balaban J connectivity index is 2.47. The quantitative estimate of drug-likeness (QED) is 0.872. The van der Waals surface area contributed by atoms with Crippen molar-refractivity contribution in [2.45, 2.75) is 26.7 Å². The second kappa shape index (κ2) is 6.44. The Morgan fingerprint density at radius 1 is 1.10 bits per heavy atom. The van der Waals surface area contributed by atoms with Crippen molar-refractivity contribution in [2.75, 3.05) is 7.11 Å². The van der Waals surface area contributed by atoms with Gasteiger partial charge in [-0.15, -0.1) is 0 Å². The van der Waals surface area contributed by atoms with E-state index in [-0.39, 0.29) is 18.1 Å². The van der Waals surface area contributed by atoms with E-state index in [1.807, 2.05) is 13.0 Å². The van der Waals surface area contributed by atoms with Gasteiger partial charge in [-0.2, -0.15) is 0 Å². The van der Waals surface area contributed by atoms with Gasteiger partial charge >= 0.3 is 5.97 Å². The molecule has 3 heteroatoms. The molecule has 0 fully saturated rings. The van der Waals surface area contributed by atoms with E-state index in [0.29, 0.717) is 0 Å². The largest absolute Gasteiger partial charge is 0.507 e. The maximum Gasteiger partial charge on any atom is 0.309 e. The van der Waals surface area contributed by atoms with Crippen molar-refractivity contribution in [3.05, 3.63) is 53.1 Å². The van der Waals surface area contributed by atoms with Gasteiger partial charge in [0, 0.05) is 5.56 Å². The van der Waals surface area contributed by atoms with Gasteiger partial charge in [0.25, 0.3) is 0 Å². The zero-order valence-corrected chi connectivity index (χ0v) is 12.6. The lowest BCUT2D eigenvalue weighted by Gasteiger charge is -2.12. The van der Waals surface area contributed by atoms with Crippen LogP contribution in [0.4, 0.5) is 0 Å². The number of benzene rings is 2. The lowest BCUT2D eigenvalue weighted by molar-refractivity contribution is -0.139. The zero-order chi connectivity index (χ0) is 15.4. The fourth-order valence-electron chi connectivity index (χ4n) is 2.33. The molecule has 2 rings (SSSR count). The molecule has 0 radical (unpaired) electrons. The van der Waals surface area contributed by atoms with E-state index in [9.17, 15) is 9.90 Å². The molecule has 0 saturated carbocycles. The highest BCUT2D eigenvalue weighted by molar-refractivity contribution is 5.77. The van der Waals surface area contributed by atoms with Gasteiger partial charge in [-0.3, -0.25) is 4.79 Å². The number of carbonyl (C=O) groups excluding carboxylic acids is 1. The molecule has 0 spiro atoms. The Morgan fingerprint density at radius 2 is 1.76 bits per heavy atom. The first-order valence-corrected chi connectivity index (χ1v) is 7.03. The summed E-state index contributed by atoms with van der Waals surface area (Å²) in [6, 6.07) is 11.5. The van der Waals surface area contributed by atoms with Gasteiger partial charge in [0.05, 0.1) is 13.5 Å². The van der Waals surface area contributed by atoms with Crippen molar-refractivity contribution in [2.24, 2.45) is 0 Å². The van der Waals surface area contributed by atoms with E-state index >= 15 is 0 Å². The third kappa shape index (κ3) is 3.43. The lowest BCUT2D eigenvalue weighted by Crippen LogP contribution is -2.04. The summed E-state index contributed by atoms with van der Waals surface area (Å²) in [5, 5.41) is 10.2. The van der Waals surface area contributed by atoms with Crippen LogP contribution in [0.2, 0.25) is 0 Å². The van der Waals surface area contributed by atoms with Gasteiger partial charge in [0.2, 0.25) is 0 Å². The van der Waals surface area contributed by atoms with Gasteiger partial charge in [-0.1, -0.05) is 31.2 Å². The predicted molar refractivity (Wildman–Crippen MR) is 83.4 cm³/mol. The van der Waals surface area contributed by atoms with E-state index in [0.717, 1.165) is 28.7 Å². The third-order valence-electron chi connectivity index (χ3n) is 3.64. The molecule has 0 saturated heterocycles. The number of aryl methyl sites for hydroxylation is 2. The molecule has 0 aliphatic heterocycles. The van der Waals surface area contributed by atoms with E-state index in [1.54, 1.807) is 12.1 Å². The summed E-state index contributed by atoms with van der Waals surface area (Å²) in [4.78, 5) is 11.4. The number of ether oxygens (including phenoxy) is 1. The van der Waals surface area contributed by atoms with E-state index < -0.39 is 0 Å². The van der Waals surface area contributed by atoms with Crippen LogP contribution in [0.5, 0.6) is 5.75 Å². The zero-order valence-electron chi connectivity index (χ0n) is 12.6. The van der Waals surface area contributed by atoms with Gasteiger partial charge in [-0.25, -0.2) is 0 Å².